The highest BCUT2D eigenvalue weighted by molar-refractivity contribution is 5.84. The summed E-state index contributed by atoms with van der Waals surface area (Å²) in [6.45, 7) is 1.42. The molecule has 1 unspecified atom stereocenters. The number of esters is 1. The van der Waals surface area contributed by atoms with Crippen molar-refractivity contribution >= 4 is 16.9 Å². The lowest BCUT2D eigenvalue weighted by Crippen LogP contribution is -2.24. The molecule has 0 saturated carbocycles. The summed E-state index contributed by atoms with van der Waals surface area (Å²) in [5, 5.41) is -0.0371. The molecule has 3 aromatic rings. The zero-order valence-corrected chi connectivity index (χ0v) is 14.9. The maximum absolute atomic E-state index is 13.6. The minimum Gasteiger partial charge on any atom is -0.479 e. The Morgan fingerprint density at radius 2 is 1.79 bits per heavy atom. The molecule has 0 aliphatic heterocycles. The Balaban J connectivity index is 2.19. The summed E-state index contributed by atoms with van der Waals surface area (Å²) in [6.07, 6.45) is -5.87. The molecule has 146 valence electrons. The third-order valence-corrected chi connectivity index (χ3v) is 4.03. The van der Waals surface area contributed by atoms with Crippen LogP contribution < -0.4 is 10.2 Å². The first kappa shape index (κ1) is 19.5. The van der Waals surface area contributed by atoms with Gasteiger partial charge in [-0.1, -0.05) is 30.3 Å². The Bertz CT molecular complexity index is 1070. The predicted octanol–water partition coefficient (Wildman–Crippen LogP) is 4.42. The van der Waals surface area contributed by atoms with Crippen molar-refractivity contribution in [1.82, 2.24) is 0 Å². The second-order valence-electron chi connectivity index (χ2n) is 5.94. The van der Waals surface area contributed by atoms with Gasteiger partial charge < -0.3 is 13.9 Å². The van der Waals surface area contributed by atoms with Gasteiger partial charge in [-0.15, -0.1) is 0 Å². The minimum absolute atomic E-state index is 0.0371. The topological polar surface area (TPSA) is 65.7 Å². The number of methoxy groups -OCH3 is 1. The fourth-order valence-electron chi connectivity index (χ4n) is 2.73. The van der Waals surface area contributed by atoms with Crippen LogP contribution in [0.2, 0.25) is 0 Å². The van der Waals surface area contributed by atoms with Gasteiger partial charge in [-0.25, -0.2) is 4.79 Å². The van der Waals surface area contributed by atoms with E-state index in [9.17, 15) is 22.8 Å². The second kappa shape index (κ2) is 7.38. The minimum atomic E-state index is -4.88. The van der Waals surface area contributed by atoms with Gasteiger partial charge in [0.25, 0.3) is 0 Å². The number of hydrogen-bond donors (Lipinski definition) is 0. The molecular formula is C20H15F3O5. The Morgan fingerprint density at radius 1 is 1.11 bits per heavy atom. The summed E-state index contributed by atoms with van der Waals surface area (Å²) in [6, 6.07) is 11.3. The smallest absolute Gasteiger partial charge is 0.450 e. The molecule has 2 aromatic carbocycles. The van der Waals surface area contributed by atoms with Crippen molar-refractivity contribution in [2.24, 2.45) is 0 Å². The summed E-state index contributed by atoms with van der Waals surface area (Å²) in [5.41, 5.74) is -1.57. The van der Waals surface area contributed by atoms with Crippen LogP contribution in [0.4, 0.5) is 13.2 Å². The highest BCUT2D eigenvalue weighted by Crippen LogP contribution is 2.37. The normalized spacial score (nSPS) is 12.6. The van der Waals surface area contributed by atoms with Gasteiger partial charge in [0.05, 0.1) is 18.1 Å². The molecule has 0 saturated heterocycles. The average Bonchev–Trinajstić information content (AvgIpc) is 2.67. The Morgan fingerprint density at radius 3 is 2.39 bits per heavy atom. The zero-order chi connectivity index (χ0) is 20.5. The summed E-state index contributed by atoms with van der Waals surface area (Å²) in [7, 11) is 1.18. The van der Waals surface area contributed by atoms with E-state index in [0.717, 1.165) is 6.07 Å². The van der Waals surface area contributed by atoms with Crippen molar-refractivity contribution in [3.8, 4) is 16.9 Å². The Hall–Kier alpha value is -3.29. The number of halogens is 3. The van der Waals surface area contributed by atoms with Crippen molar-refractivity contribution in [2.45, 2.75) is 19.2 Å². The molecule has 3 rings (SSSR count). The number of hydrogen-bond acceptors (Lipinski definition) is 5. The summed E-state index contributed by atoms with van der Waals surface area (Å²) in [4.78, 5) is 24.3. The van der Waals surface area contributed by atoms with Crippen molar-refractivity contribution < 1.29 is 31.9 Å². The van der Waals surface area contributed by atoms with Gasteiger partial charge in [0.15, 0.2) is 6.10 Å². The number of fused-ring (bicyclic) bond motifs is 1. The first-order chi connectivity index (χ1) is 13.2. The lowest BCUT2D eigenvalue weighted by molar-refractivity contribution is -0.152. The SMILES string of the molecule is COC(=O)C(C)Oc1ccc2c(=O)c(-c3ccccc3)c(C(F)(F)F)oc2c1. The molecule has 0 fully saturated rings. The third-order valence-electron chi connectivity index (χ3n) is 4.03. The van der Waals surface area contributed by atoms with E-state index in [1.165, 1.54) is 50.4 Å². The van der Waals surface area contributed by atoms with Crippen molar-refractivity contribution in [2.75, 3.05) is 7.11 Å². The number of rotatable bonds is 4. The maximum atomic E-state index is 13.6. The first-order valence-corrected chi connectivity index (χ1v) is 8.20. The maximum Gasteiger partial charge on any atom is 0.450 e. The quantitative estimate of drug-likeness (QED) is 0.615. The number of carbonyl (C=O) groups excluding carboxylic acids is 1. The number of benzene rings is 2. The lowest BCUT2D eigenvalue weighted by atomic mass is 10.0. The van der Waals surface area contributed by atoms with E-state index in [0.29, 0.717) is 0 Å². The van der Waals surface area contributed by atoms with Gasteiger partial charge >= 0.3 is 12.1 Å². The van der Waals surface area contributed by atoms with Gasteiger partial charge in [0, 0.05) is 6.07 Å². The zero-order valence-electron chi connectivity index (χ0n) is 14.9. The van der Waals surface area contributed by atoms with E-state index < -0.39 is 35.0 Å². The summed E-state index contributed by atoms with van der Waals surface area (Å²) < 4.78 is 55.7. The van der Waals surface area contributed by atoms with E-state index in [1.54, 1.807) is 6.07 Å². The first-order valence-electron chi connectivity index (χ1n) is 8.20. The van der Waals surface area contributed by atoms with E-state index >= 15 is 0 Å². The molecular weight excluding hydrogens is 377 g/mol. The van der Waals surface area contributed by atoms with E-state index in [1.807, 2.05) is 0 Å². The molecule has 1 atom stereocenters. The van der Waals surface area contributed by atoms with Gasteiger partial charge in [-0.2, -0.15) is 13.2 Å². The van der Waals surface area contributed by atoms with Crippen LogP contribution in [0.3, 0.4) is 0 Å². The van der Waals surface area contributed by atoms with Crippen molar-refractivity contribution in [1.29, 1.82) is 0 Å². The molecule has 0 bridgehead atoms. The second-order valence-corrected chi connectivity index (χ2v) is 5.94. The summed E-state index contributed by atoms with van der Waals surface area (Å²) in [5.74, 6) is -1.99. The molecule has 5 nitrogen and oxygen atoms in total. The summed E-state index contributed by atoms with van der Waals surface area (Å²) >= 11 is 0. The standard InChI is InChI=1S/C20H15F3O5/c1-11(19(25)26-2)27-13-8-9-14-15(10-13)28-18(20(21,22)23)16(17(14)24)12-6-4-3-5-7-12/h3-11H,1-2H3. The molecule has 0 radical (unpaired) electrons. The van der Waals surface area contributed by atoms with E-state index in [-0.39, 0.29) is 22.3 Å². The fraction of sp³-hybridized carbons (Fsp3) is 0.200. The van der Waals surface area contributed by atoms with Crippen LogP contribution in [0.25, 0.3) is 22.1 Å². The molecule has 28 heavy (non-hydrogen) atoms. The van der Waals surface area contributed by atoms with Gasteiger partial charge in [0.2, 0.25) is 11.2 Å². The van der Waals surface area contributed by atoms with Crippen LogP contribution in [0.5, 0.6) is 5.75 Å². The molecule has 8 heteroatoms. The molecule has 1 heterocycles. The third kappa shape index (κ3) is 3.71. The van der Waals surface area contributed by atoms with Gasteiger partial charge in [0.1, 0.15) is 11.3 Å². The molecule has 0 aliphatic rings. The predicted molar refractivity (Wildman–Crippen MR) is 95.0 cm³/mol. The molecule has 0 spiro atoms. The highest BCUT2D eigenvalue weighted by atomic mass is 19.4. The largest absolute Gasteiger partial charge is 0.479 e. The van der Waals surface area contributed by atoms with E-state index in [2.05, 4.69) is 4.74 Å². The molecule has 0 aliphatic carbocycles. The molecule has 0 N–H and O–H groups in total. The Labute approximate surface area is 157 Å². The fourth-order valence-corrected chi connectivity index (χ4v) is 2.73. The van der Waals surface area contributed by atoms with Crippen molar-refractivity contribution in [3.63, 3.8) is 0 Å². The van der Waals surface area contributed by atoms with Gasteiger partial charge in [-0.05, 0) is 24.6 Å². The highest BCUT2D eigenvalue weighted by Gasteiger charge is 2.39. The monoisotopic (exact) mass is 392 g/mol. The Kier molecular flexibility index (Phi) is 5.13. The molecule has 1 aromatic heterocycles. The van der Waals surface area contributed by atoms with Crippen LogP contribution in [0.15, 0.2) is 57.7 Å². The number of alkyl halides is 3. The van der Waals surface area contributed by atoms with Crippen LogP contribution in [-0.4, -0.2) is 19.2 Å². The van der Waals surface area contributed by atoms with Crippen molar-refractivity contribution in [3.05, 3.63) is 64.5 Å². The number of ether oxygens (including phenoxy) is 2. The number of carbonyl (C=O) groups is 1. The van der Waals surface area contributed by atoms with E-state index in [4.69, 9.17) is 9.15 Å². The lowest BCUT2D eigenvalue weighted by Gasteiger charge is -2.15. The average molecular weight is 392 g/mol. The van der Waals surface area contributed by atoms with Crippen LogP contribution in [-0.2, 0) is 15.7 Å². The van der Waals surface area contributed by atoms with Crippen LogP contribution >= 0.6 is 0 Å². The van der Waals surface area contributed by atoms with Crippen LogP contribution in [0.1, 0.15) is 12.7 Å². The van der Waals surface area contributed by atoms with Crippen LogP contribution in [0, 0.1) is 0 Å². The van der Waals surface area contributed by atoms with Gasteiger partial charge in [-0.3, -0.25) is 4.79 Å². The molecule has 0 amide bonds.